The van der Waals surface area contributed by atoms with Gasteiger partial charge in [0.1, 0.15) is 5.82 Å². The van der Waals surface area contributed by atoms with Gasteiger partial charge in [0.05, 0.1) is 5.56 Å². The predicted octanol–water partition coefficient (Wildman–Crippen LogP) is 5.52. The molecule has 30 heavy (non-hydrogen) atoms. The Morgan fingerprint density at radius 3 is 2.17 bits per heavy atom. The number of hydrogen-bond donors (Lipinski definition) is 1. The SMILES string of the molecule is O=C(O[C@@H](C(=O)Nc1ccc(F)cc1)c1ccccc1)c1ccc2ccccc2c1. The van der Waals surface area contributed by atoms with Crippen molar-refractivity contribution >= 4 is 28.3 Å². The molecular weight excluding hydrogens is 381 g/mol. The van der Waals surface area contributed by atoms with E-state index in [-0.39, 0.29) is 0 Å². The molecule has 5 heteroatoms. The molecular formula is C25H18FNO3. The average Bonchev–Trinajstić information content (AvgIpc) is 2.79. The van der Waals surface area contributed by atoms with E-state index in [1.54, 1.807) is 36.4 Å². The van der Waals surface area contributed by atoms with Gasteiger partial charge in [0.25, 0.3) is 5.91 Å². The molecule has 0 aliphatic heterocycles. The first-order valence-corrected chi connectivity index (χ1v) is 9.41. The van der Waals surface area contributed by atoms with Crippen molar-refractivity contribution in [1.82, 2.24) is 0 Å². The van der Waals surface area contributed by atoms with Gasteiger partial charge in [-0.25, -0.2) is 9.18 Å². The highest BCUT2D eigenvalue weighted by Crippen LogP contribution is 2.23. The lowest BCUT2D eigenvalue weighted by atomic mass is 10.1. The highest BCUT2D eigenvalue weighted by atomic mass is 19.1. The number of fused-ring (bicyclic) bond motifs is 1. The molecule has 0 saturated heterocycles. The molecule has 148 valence electrons. The van der Waals surface area contributed by atoms with Crippen LogP contribution in [0.2, 0.25) is 0 Å². The van der Waals surface area contributed by atoms with Crippen LogP contribution in [0.4, 0.5) is 10.1 Å². The van der Waals surface area contributed by atoms with Gasteiger partial charge in [-0.05, 0) is 47.2 Å². The van der Waals surface area contributed by atoms with Gasteiger partial charge in [0.15, 0.2) is 0 Å². The van der Waals surface area contributed by atoms with Crippen LogP contribution in [-0.2, 0) is 9.53 Å². The van der Waals surface area contributed by atoms with E-state index in [4.69, 9.17) is 4.74 Å². The molecule has 0 aromatic heterocycles. The Morgan fingerprint density at radius 1 is 0.767 bits per heavy atom. The van der Waals surface area contributed by atoms with Crippen molar-refractivity contribution in [2.45, 2.75) is 6.10 Å². The smallest absolute Gasteiger partial charge is 0.339 e. The molecule has 0 fully saturated rings. The summed E-state index contributed by atoms with van der Waals surface area (Å²) in [5.74, 6) is -1.54. The minimum Gasteiger partial charge on any atom is -0.444 e. The largest absolute Gasteiger partial charge is 0.444 e. The molecule has 4 aromatic rings. The molecule has 4 nitrogen and oxygen atoms in total. The summed E-state index contributed by atoms with van der Waals surface area (Å²) < 4.78 is 18.7. The Kier molecular flexibility index (Phi) is 5.52. The number of hydrogen-bond acceptors (Lipinski definition) is 3. The minimum atomic E-state index is -1.16. The molecule has 0 heterocycles. The Morgan fingerprint density at radius 2 is 1.43 bits per heavy atom. The first-order chi connectivity index (χ1) is 14.6. The number of ether oxygens (including phenoxy) is 1. The summed E-state index contributed by atoms with van der Waals surface area (Å²) in [5.41, 5.74) is 1.29. The third kappa shape index (κ3) is 4.36. The molecule has 0 aliphatic rings. The number of nitrogens with one attached hydrogen (secondary N) is 1. The first-order valence-electron chi connectivity index (χ1n) is 9.41. The maximum atomic E-state index is 13.1. The number of carbonyl (C=O) groups excluding carboxylic acids is 2. The fourth-order valence-corrected chi connectivity index (χ4v) is 3.13. The van der Waals surface area contributed by atoms with Crippen molar-refractivity contribution in [3.8, 4) is 0 Å². The Balaban J connectivity index is 1.59. The van der Waals surface area contributed by atoms with Gasteiger partial charge >= 0.3 is 5.97 Å². The summed E-state index contributed by atoms with van der Waals surface area (Å²) in [6, 6.07) is 27.0. The van der Waals surface area contributed by atoms with Crippen molar-refractivity contribution in [3.05, 3.63) is 114 Å². The van der Waals surface area contributed by atoms with E-state index < -0.39 is 23.8 Å². The van der Waals surface area contributed by atoms with E-state index in [9.17, 15) is 14.0 Å². The number of esters is 1. The zero-order chi connectivity index (χ0) is 20.9. The third-order valence-electron chi connectivity index (χ3n) is 4.66. The third-order valence-corrected chi connectivity index (χ3v) is 4.66. The van der Waals surface area contributed by atoms with Crippen LogP contribution in [0.5, 0.6) is 0 Å². The van der Waals surface area contributed by atoms with Crippen LogP contribution in [0.15, 0.2) is 97.1 Å². The van der Waals surface area contributed by atoms with E-state index >= 15 is 0 Å². The van der Waals surface area contributed by atoms with E-state index in [1.807, 2.05) is 36.4 Å². The number of rotatable bonds is 5. The summed E-state index contributed by atoms with van der Waals surface area (Å²) in [5, 5.41) is 4.58. The first kappa shape index (κ1) is 19.3. The molecule has 1 N–H and O–H groups in total. The zero-order valence-corrected chi connectivity index (χ0v) is 15.9. The molecule has 4 rings (SSSR count). The number of carbonyl (C=O) groups is 2. The Labute approximate surface area is 172 Å². The van der Waals surface area contributed by atoms with Gasteiger partial charge in [-0.2, -0.15) is 0 Å². The van der Waals surface area contributed by atoms with Gasteiger partial charge < -0.3 is 10.1 Å². The van der Waals surface area contributed by atoms with E-state index in [0.29, 0.717) is 16.8 Å². The van der Waals surface area contributed by atoms with Crippen LogP contribution in [0.1, 0.15) is 22.0 Å². The fourth-order valence-electron chi connectivity index (χ4n) is 3.13. The molecule has 4 aromatic carbocycles. The van der Waals surface area contributed by atoms with Gasteiger partial charge in [-0.1, -0.05) is 60.7 Å². The number of benzene rings is 4. The molecule has 0 radical (unpaired) electrons. The lowest BCUT2D eigenvalue weighted by Gasteiger charge is -2.18. The molecule has 0 unspecified atom stereocenters. The normalized spacial score (nSPS) is 11.6. The number of halogens is 1. The van der Waals surface area contributed by atoms with Crippen molar-refractivity contribution in [3.63, 3.8) is 0 Å². The van der Waals surface area contributed by atoms with Crippen LogP contribution in [0, 0.1) is 5.82 Å². The fraction of sp³-hybridized carbons (Fsp3) is 0.0400. The molecule has 0 bridgehead atoms. The topological polar surface area (TPSA) is 55.4 Å². The van der Waals surface area contributed by atoms with Gasteiger partial charge in [0, 0.05) is 11.3 Å². The predicted molar refractivity (Wildman–Crippen MR) is 114 cm³/mol. The Hall–Kier alpha value is -3.99. The zero-order valence-electron chi connectivity index (χ0n) is 15.9. The minimum absolute atomic E-state index is 0.351. The Bertz CT molecular complexity index is 1190. The van der Waals surface area contributed by atoms with Gasteiger partial charge in [0.2, 0.25) is 6.10 Å². The molecule has 1 amide bonds. The number of amides is 1. The summed E-state index contributed by atoms with van der Waals surface area (Å²) in [6.45, 7) is 0. The van der Waals surface area contributed by atoms with Crippen LogP contribution in [0.3, 0.4) is 0 Å². The number of anilines is 1. The van der Waals surface area contributed by atoms with Gasteiger partial charge in [-0.15, -0.1) is 0 Å². The van der Waals surface area contributed by atoms with Crippen molar-refractivity contribution in [2.75, 3.05) is 5.32 Å². The quantitative estimate of drug-likeness (QED) is 0.450. The van der Waals surface area contributed by atoms with E-state index in [1.165, 1.54) is 24.3 Å². The van der Waals surface area contributed by atoms with Crippen molar-refractivity contribution in [1.29, 1.82) is 0 Å². The molecule has 0 spiro atoms. The standard InChI is InChI=1S/C25H18FNO3/c26-21-12-14-22(15-13-21)27-24(28)23(18-7-2-1-3-8-18)30-25(29)20-11-10-17-6-4-5-9-19(17)16-20/h1-16,23H,(H,27,28)/t23-/m1/s1. The van der Waals surface area contributed by atoms with Crippen LogP contribution in [0.25, 0.3) is 10.8 Å². The van der Waals surface area contributed by atoms with Crippen molar-refractivity contribution in [2.24, 2.45) is 0 Å². The monoisotopic (exact) mass is 399 g/mol. The second kappa shape index (κ2) is 8.57. The second-order valence-corrected chi connectivity index (χ2v) is 6.75. The van der Waals surface area contributed by atoms with Crippen LogP contribution < -0.4 is 5.32 Å². The highest BCUT2D eigenvalue weighted by Gasteiger charge is 2.26. The van der Waals surface area contributed by atoms with E-state index in [2.05, 4.69) is 5.32 Å². The van der Waals surface area contributed by atoms with Crippen LogP contribution >= 0.6 is 0 Å². The molecule has 0 saturated carbocycles. The van der Waals surface area contributed by atoms with Crippen LogP contribution in [-0.4, -0.2) is 11.9 Å². The van der Waals surface area contributed by atoms with E-state index in [0.717, 1.165) is 10.8 Å². The summed E-state index contributed by atoms with van der Waals surface area (Å²) in [4.78, 5) is 25.7. The maximum absolute atomic E-state index is 13.1. The molecule has 1 atom stereocenters. The lowest BCUT2D eigenvalue weighted by Crippen LogP contribution is -2.26. The summed E-state index contributed by atoms with van der Waals surface area (Å²) >= 11 is 0. The second-order valence-electron chi connectivity index (χ2n) is 6.75. The summed E-state index contributed by atoms with van der Waals surface area (Å²) in [6.07, 6.45) is -1.16. The molecule has 0 aliphatic carbocycles. The van der Waals surface area contributed by atoms with Gasteiger partial charge in [-0.3, -0.25) is 4.79 Å². The highest BCUT2D eigenvalue weighted by molar-refractivity contribution is 5.99. The maximum Gasteiger partial charge on any atom is 0.339 e. The summed E-state index contributed by atoms with van der Waals surface area (Å²) in [7, 11) is 0. The van der Waals surface area contributed by atoms with Crippen molar-refractivity contribution < 1.29 is 18.7 Å². The lowest BCUT2D eigenvalue weighted by molar-refractivity contribution is -0.125. The average molecular weight is 399 g/mol.